The predicted molar refractivity (Wildman–Crippen MR) is 76.9 cm³/mol. The van der Waals surface area contributed by atoms with Crippen LogP contribution in [0.1, 0.15) is 56.8 Å². The Morgan fingerprint density at radius 3 is 3.00 bits per heavy atom. The molecule has 2 fully saturated rings. The highest BCUT2D eigenvalue weighted by molar-refractivity contribution is 5.17. The summed E-state index contributed by atoms with van der Waals surface area (Å²) >= 11 is 0. The van der Waals surface area contributed by atoms with Gasteiger partial charge in [0.25, 0.3) is 0 Å². The van der Waals surface area contributed by atoms with Crippen LogP contribution in [0.25, 0.3) is 0 Å². The number of furan rings is 1. The molecule has 1 atom stereocenters. The quantitative estimate of drug-likeness (QED) is 0.852. The molecular formula is C16H26N2O. The number of hydrogen-bond acceptors (Lipinski definition) is 3. The van der Waals surface area contributed by atoms with Crippen LogP contribution in [0.15, 0.2) is 16.7 Å². The van der Waals surface area contributed by atoms with Gasteiger partial charge in [0.15, 0.2) is 0 Å². The Labute approximate surface area is 116 Å². The summed E-state index contributed by atoms with van der Waals surface area (Å²) in [6.07, 6.45) is 9.89. The van der Waals surface area contributed by atoms with E-state index in [-0.39, 0.29) is 0 Å². The SMILES string of the molecule is CCC1CCCCN1Cc1occc1CNC1CC1. The second-order valence-corrected chi connectivity index (χ2v) is 6.05. The number of likely N-dealkylation sites (tertiary alicyclic amines) is 1. The fourth-order valence-electron chi connectivity index (χ4n) is 3.12. The van der Waals surface area contributed by atoms with Crippen molar-refractivity contribution in [3.8, 4) is 0 Å². The number of rotatable bonds is 6. The molecule has 0 spiro atoms. The minimum Gasteiger partial charge on any atom is -0.468 e. The van der Waals surface area contributed by atoms with Gasteiger partial charge in [-0.25, -0.2) is 0 Å². The Morgan fingerprint density at radius 1 is 1.32 bits per heavy atom. The zero-order valence-electron chi connectivity index (χ0n) is 12.0. The Bertz CT molecular complexity index is 397. The Balaban J connectivity index is 1.59. The van der Waals surface area contributed by atoms with Crippen LogP contribution >= 0.6 is 0 Å². The van der Waals surface area contributed by atoms with Crippen LogP contribution in [-0.2, 0) is 13.1 Å². The summed E-state index contributed by atoms with van der Waals surface area (Å²) in [5.74, 6) is 1.17. The molecule has 1 aliphatic carbocycles. The fourth-order valence-corrected chi connectivity index (χ4v) is 3.12. The zero-order valence-corrected chi connectivity index (χ0v) is 12.0. The van der Waals surface area contributed by atoms with Gasteiger partial charge in [-0.1, -0.05) is 13.3 Å². The summed E-state index contributed by atoms with van der Waals surface area (Å²) in [5, 5.41) is 3.58. The third kappa shape index (κ3) is 3.40. The van der Waals surface area contributed by atoms with Gasteiger partial charge in [0.2, 0.25) is 0 Å². The third-order valence-corrected chi connectivity index (χ3v) is 4.56. The molecule has 2 heterocycles. The lowest BCUT2D eigenvalue weighted by atomic mass is 9.99. The molecule has 2 aliphatic rings. The van der Waals surface area contributed by atoms with Crippen molar-refractivity contribution in [3.63, 3.8) is 0 Å². The zero-order chi connectivity index (χ0) is 13.1. The molecule has 0 aromatic carbocycles. The minimum absolute atomic E-state index is 0.753. The van der Waals surface area contributed by atoms with E-state index in [0.29, 0.717) is 0 Å². The van der Waals surface area contributed by atoms with E-state index in [2.05, 4.69) is 23.2 Å². The Morgan fingerprint density at radius 2 is 2.21 bits per heavy atom. The lowest BCUT2D eigenvalue weighted by molar-refractivity contribution is 0.126. The van der Waals surface area contributed by atoms with Crippen molar-refractivity contribution in [2.24, 2.45) is 0 Å². The van der Waals surface area contributed by atoms with Crippen LogP contribution in [0.2, 0.25) is 0 Å². The molecule has 1 N–H and O–H groups in total. The van der Waals surface area contributed by atoms with Crippen molar-refractivity contribution >= 4 is 0 Å². The maximum absolute atomic E-state index is 5.73. The van der Waals surface area contributed by atoms with Gasteiger partial charge < -0.3 is 9.73 Å². The van der Waals surface area contributed by atoms with E-state index in [1.54, 1.807) is 0 Å². The van der Waals surface area contributed by atoms with Crippen molar-refractivity contribution in [2.75, 3.05) is 6.54 Å². The van der Waals surface area contributed by atoms with E-state index in [1.165, 1.54) is 56.4 Å². The number of nitrogens with one attached hydrogen (secondary N) is 1. The molecule has 3 heteroatoms. The molecule has 1 aromatic heterocycles. The molecule has 1 saturated carbocycles. The van der Waals surface area contributed by atoms with Crippen molar-refractivity contribution in [2.45, 2.75) is 70.6 Å². The molecule has 1 aliphatic heterocycles. The largest absolute Gasteiger partial charge is 0.468 e. The summed E-state index contributed by atoms with van der Waals surface area (Å²) in [6.45, 7) is 5.50. The fraction of sp³-hybridized carbons (Fsp3) is 0.750. The van der Waals surface area contributed by atoms with Crippen LogP contribution in [-0.4, -0.2) is 23.5 Å². The van der Waals surface area contributed by atoms with E-state index in [9.17, 15) is 0 Å². The molecule has 1 unspecified atom stereocenters. The van der Waals surface area contributed by atoms with E-state index in [1.807, 2.05) is 6.26 Å². The standard InChI is InChI=1S/C16H26N2O/c1-2-15-5-3-4-9-18(15)12-16-13(8-10-19-16)11-17-14-6-7-14/h8,10,14-15,17H,2-7,9,11-12H2,1H3. The van der Waals surface area contributed by atoms with Crippen LogP contribution in [0.4, 0.5) is 0 Å². The first-order chi connectivity index (χ1) is 9.36. The van der Waals surface area contributed by atoms with Crippen LogP contribution in [0, 0.1) is 0 Å². The topological polar surface area (TPSA) is 28.4 Å². The maximum Gasteiger partial charge on any atom is 0.122 e. The van der Waals surface area contributed by atoms with E-state index >= 15 is 0 Å². The lowest BCUT2D eigenvalue weighted by Crippen LogP contribution is -2.38. The molecular weight excluding hydrogens is 236 g/mol. The van der Waals surface area contributed by atoms with Gasteiger partial charge >= 0.3 is 0 Å². The highest BCUT2D eigenvalue weighted by atomic mass is 16.3. The van der Waals surface area contributed by atoms with Crippen LogP contribution in [0.3, 0.4) is 0 Å². The lowest BCUT2D eigenvalue weighted by Gasteiger charge is -2.34. The van der Waals surface area contributed by atoms with E-state index < -0.39 is 0 Å². The second-order valence-electron chi connectivity index (χ2n) is 6.05. The van der Waals surface area contributed by atoms with Gasteiger partial charge in [0, 0.05) is 24.2 Å². The molecule has 3 nitrogen and oxygen atoms in total. The van der Waals surface area contributed by atoms with E-state index in [4.69, 9.17) is 4.42 Å². The molecule has 19 heavy (non-hydrogen) atoms. The van der Waals surface area contributed by atoms with Gasteiger partial charge in [-0.2, -0.15) is 0 Å². The van der Waals surface area contributed by atoms with Crippen LogP contribution < -0.4 is 5.32 Å². The Kier molecular flexibility index (Phi) is 4.24. The van der Waals surface area contributed by atoms with Gasteiger partial charge in [-0.3, -0.25) is 4.90 Å². The van der Waals surface area contributed by atoms with Gasteiger partial charge in [0.05, 0.1) is 12.8 Å². The average molecular weight is 262 g/mol. The van der Waals surface area contributed by atoms with Crippen molar-refractivity contribution in [1.82, 2.24) is 10.2 Å². The summed E-state index contributed by atoms with van der Waals surface area (Å²) in [6, 6.07) is 3.65. The first-order valence-corrected chi connectivity index (χ1v) is 7.89. The number of nitrogens with zero attached hydrogens (tertiary/aromatic N) is 1. The first kappa shape index (κ1) is 13.2. The highest BCUT2D eigenvalue weighted by Crippen LogP contribution is 2.24. The number of piperidine rings is 1. The third-order valence-electron chi connectivity index (χ3n) is 4.56. The van der Waals surface area contributed by atoms with Crippen LogP contribution in [0.5, 0.6) is 0 Å². The Hall–Kier alpha value is -0.800. The normalized spacial score (nSPS) is 24.8. The summed E-state index contributed by atoms with van der Waals surface area (Å²) in [5.41, 5.74) is 1.35. The minimum atomic E-state index is 0.753. The van der Waals surface area contributed by atoms with Gasteiger partial charge in [-0.15, -0.1) is 0 Å². The predicted octanol–water partition coefficient (Wildman–Crippen LogP) is 3.30. The monoisotopic (exact) mass is 262 g/mol. The summed E-state index contributed by atoms with van der Waals surface area (Å²) in [4.78, 5) is 2.61. The number of hydrogen-bond donors (Lipinski definition) is 1. The van der Waals surface area contributed by atoms with Gasteiger partial charge in [0.1, 0.15) is 5.76 Å². The maximum atomic E-state index is 5.73. The smallest absolute Gasteiger partial charge is 0.122 e. The first-order valence-electron chi connectivity index (χ1n) is 7.89. The van der Waals surface area contributed by atoms with Crippen molar-refractivity contribution in [1.29, 1.82) is 0 Å². The molecule has 0 bridgehead atoms. The summed E-state index contributed by atoms with van der Waals surface area (Å²) < 4.78 is 5.73. The van der Waals surface area contributed by atoms with Crippen molar-refractivity contribution in [3.05, 3.63) is 23.7 Å². The molecule has 0 radical (unpaired) electrons. The average Bonchev–Trinajstić information content (AvgIpc) is 3.17. The van der Waals surface area contributed by atoms with E-state index in [0.717, 1.165) is 25.2 Å². The van der Waals surface area contributed by atoms with Gasteiger partial charge in [-0.05, 0) is 44.7 Å². The van der Waals surface area contributed by atoms with Crippen molar-refractivity contribution < 1.29 is 4.42 Å². The molecule has 1 saturated heterocycles. The molecule has 1 aromatic rings. The highest BCUT2D eigenvalue weighted by Gasteiger charge is 2.24. The molecule has 3 rings (SSSR count). The molecule has 106 valence electrons. The summed E-state index contributed by atoms with van der Waals surface area (Å²) in [7, 11) is 0. The molecule has 0 amide bonds. The second kappa shape index (κ2) is 6.10.